The van der Waals surface area contributed by atoms with Crippen molar-refractivity contribution in [1.82, 2.24) is 4.90 Å². The van der Waals surface area contributed by atoms with E-state index in [1.54, 1.807) is 7.11 Å². The number of methoxy groups -OCH3 is 1. The molecule has 25 heavy (non-hydrogen) atoms. The van der Waals surface area contributed by atoms with E-state index in [0.717, 1.165) is 46.5 Å². The number of carbonyl (C=O) groups is 1. The van der Waals surface area contributed by atoms with E-state index in [4.69, 9.17) is 9.47 Å². The second kappa shape index (κ2) is 6.71. The Morgan fingerprint density at radius 3 is 2.80 bits per heavy atom. The molecular formula is C20H20BrNO3. The van der Waals surface area contributed by atoms with Crippen LogP contribution in [0.5, 0.6) is 11.5 Å². The molecule has 2 aromatic rings. The SMILES string of the molecule is COc1ccc(CN2CC[C@@H]3Oc4ccc(Br)cc4C[C@H]3C2=O)cc1. The minimum atomic E-state index is -0.0891. The number of nitrogens with zero attached hydrogens (tertiary/aromatic N) is 1. The molecule has 1 fully saturated rings. The van der Waals surface area contributed by atoms with Gasteiger partial charge in [-0.2, -0.15) is 0 Å². The average molecular weight is 402 g/mol. The Hall–Kier alpha value is -2.01. The van der Waals surface area contributed by atoms with Crippen molar-refractivity contribution < 1.29 is 14.3 Å². The van der Waals surface area contributed by atoms with Crippen LogP contribution >= 0.6 is 15.9 Å². The number of piperidine rings is 1. The summed E-state index contributed by atoms with van der Waals surface area (Å²) in [6.45, 7) is 1.37. The Bertz CT molecular complexity index is 790. The minimum Gasteiger partial charge on any atom is -0.497 e. The second-order valence-corrected chi connectivity index (χ2v) is 7.53. The Balaban J connectivity index is 1.50. The van der Waals surface area contributed by atoms with Crippen molar-refractivity contribution in [2.24, 2.45) is 5.92 Å². The van der Waals surface area contributed by atoms with E-state index in [2.05, 4.69) is 22.0 Å². The topological polar surface area (TPSA) is 38.8 Å². The lowest BCUT2D eigenvalue weighted by atomic mass is 9.85. The van der Waals surface area contributed by atoms with Gasteiger partial charge in [-0.25, -0.2) is 0 Å². The first-order valence-electron chi connectivity index (χ1n) is 8.51. The molecule has 130 valence electrons. The summed E-state index contributed by atoms with van der Waals surface area (Å²) in [7, 11) is 1.66. The van der Waals surface area contributed by atoms with E-state index < -0.39 is 0 Å². The predicted octanol–water partition coefficient (Wildman–Crippen LogP) is 3.81. The third-order valence-electron chi connectivity index (χ3n) is 5.03. The quantitative estimate of drug-likeness (QED) is 0.784. The third-order valence-corrected chi connectivity index (χ3v) is 5.53. The number of fused-ring (bicyclic) bond motifs is 2. The maximum atomic E-state index is 13.0. The third kappa shape index (κ3) is 3.25. The summed E-state index contributed by atoms with van der Waals surface area (Å²) < 4.78 is 12.3. The summed E-state index contributed by atoms with van der Waals surface area (Å²) in [5, 5.41) is 0. The zero-order chi connectivity index (χ0) is 17.4. The lowest BCUT2D eigenvalue weighted by Gasteiger charge is -2.41. The zero-order valence-corrected chi connectivity index (χ0v) is 15.7. The highest BCUT2D eigenvalue weighted by Gasteiger charge is 2.41. The molecule has 1 amide bonds. The summed E-state index contributed by atoms with van der Waals surface area (Å²) in [4.78, 5) is 14.9. The minimum absolute atomic E-state index is 0.00621. The molecule has 0 aliphatic carbocycles. The van der Waals surface area contributed by atoms with Crippen LogP contribution in [0.4, 0.5) is 0 Å². The molecule has 2 aliphatic rings. The predicted molar refractivity (Wildman–Crippen MR) is 98.8 cm³/mol. The number of hydrogen-bond donors (Lipinski definition) is 0. The van der Waals surface area contributed by atoms with Crippen LogP contribution in [0.2, 0.25) is 0 Å². The molecule has 0 radical (unpaired) electrons. The van der Waals surface area contributed by atoms with Crippen LogP contribution in [0.1, 0.15) is 17.5 Å². The number of likely N-dealkylation sites (tertiary alicyclic amines) is 1. The first-order chi connectivity index (χ1) is 12.1. The molecule has 1 saturated heterocycles. The maximum Gasteiger partial charge on any atom is 0.230 e. The largest absolute Gasteiger partial charge is 0.497 e. The van der Waals surface area contributed by atoms with Gasteiger partial charge in [-0.1, -0.05) is 28.1 Å². The van der Waals surface area contributed by atoms with E-state index in [9.17, 15) is 4.79 Å². The zero-order valence-electron chi connectivity index (χ0n) is 14.1. The van der Waals surface area contributed by atoms with Crippen molar-refractivity contribution in [3.8, 4) is 11.5 Å². The van der Waals surface area contributed by atoms with E-state index in [1.807, 2.05) is 41.3 Å². The van der Waals surface area contributed by atoms with Crippen molar-refractivity contribution in [2.75, 3.05) is 13.7 Å². The van der Waals surface area contributed by atoms with E-state index in [-0.39, 0.29) is 17.9 Å². The number of halogens is 1. The summed E-state index contributed by atoms with van der Waals surface area (Å²) >= 11 is 3.50. The summed E-state index contributed by atoms with van der Waals surface area (Å²) in [6, 6.07) is 13.9. The van der Waals surface area contributed by atoms with Gasteiger partial charge < -0.3 is 14.4 Å². The molecule has 0 aromatic heterocycles. The molecule has 0 N–H and O–H groups in total. The van der Waals surface area contributed by atoms with Gasteiger partial charge >= 0.3 is 0 Å². The van der Waals surface area contributed by atoms with Crippen molar-refractivity contribution in [3.63, 3.8) is 0 Å². The van der Waals surface area contributed by atoms with Crippen LogP contribution in [0.25, 0.3) is 0 Å². The van der Waals surface area contributed by atoms with Gasteiger partial charge in [0.2, 0.25) is 5.91 Å². The highest BCUT2D eigenvalue weighted by atomic mass is 79.9. The summed E-state index contributed by atoms with van der Waals surface area (Å²) in [6.07, 6.45) is 1.62. The molecule has 0 spiro atoms. The van der Waals surface area contributed by atoms with Crippen molar-refractivity contribution in [3.05, 3.63) is 58.1 Å². The highest BCUT2D eigenvalue weighted by molar-refractivity contribution is 9.10. The fraction of sp³-hybridized carbons (Fsp3) is 0.350. The van der Waals surface area contributed by atoms with Crippen LogP contribution in [0.15, 0.2) is 46.9 Å². The number of ether oxygens (including phenoxy) is 2. The Morgan fingerprint density at radius 2 is 2.04 bits per heavy atom. The molecule has 2 heterocycles. The van der Waals surface area contributed by atoms with Crippen LogP contribution < -0.4 is 9.47 Å². The first kappa shape index (κ1) is 16.5. The van der Waals surface area contributed by atoms with E-state index >= 15 is 0 Å². The molecule has 2 atom stereocenters. The molecule has 4 rings (SSSR count). The standard InChI is InChI=1S/C20H20BrNO3/c1-24-16-5-2-13(3-6-16)12-22-9-8-19-17(20(22)23)11-14-10-15(21)4-7-18(14)25-19/h2-7,10,17,19H,8-9,11-12H2,1H3/t17-,19+/m1/s1. The molecule has 4 nitrogen and oxygen atoms in total. The molecule has 0 bridgehead atoms. The van der Waals surface area contributed by atoms with Gasteiger partial charge in [0, 0.05) is 24.0 Å². The summed E-state index contributed by atoms with van der Waals surface area (Å²) in [5.74, 6) is 1.85. The van der Waals surface area contributed by atoms with Crippen LogP contribution in [-0.2, 0) is 17.8 Å². The number of hydrogen-bond acceptors (Lipinski definition) is 3. The number of amides is 1. The molecular weight excluding hydrogens is 382 g/mol. The number of benzene rings is 2. The van der Waals surface area contributed by atoms with Crippen LogP contribution in [-0.4, -0.2) is 30.6 Å². The number of carbonyl (C=O) groups excluding carboxylic acids is 1. The first-order valence-corrected chi connectivity index (χ1v) is 9.30. The Kier molecular flexibility index (Phi) is 4.42. The fourth-order valence-corrected chi connectivity index (χ4v) is 4.09. The van der Waals surface area contributed by atoms with Gasteiger partial charge in [0.15, 0.2) is 0 Å². The normalized spacial score (nSPS) is 22.0. The molecule has 0 unspecified atom stereocenters. The molecule has 2 aliphatic heterocycles. The van der Waals surface area contributed by atoms with Crippen molar-refractivity contribution >= 4 is 21.8 Å². The highest BCUT2D eigenvalue weighted by Crippen LogP contribution is 2.37. The Morgan fingerprint density at radius 1 is 1.24 bits per heavy atom. The average Bonchev–Trinajstić information content (AvgIpc) is 2.63. The van der Waals surface area contributed by atoms with Crippen LogP contribution in [0, 0.1) is 5.92 Å². The molecule has 5 heteroatoms. The van der Waals surface area contributed by atoms with Gasteiger partial charge in [0.25, 0.3) is 0 Å². The van der Waals surface area contributed by atoms with E-state index in [1.165, 1.54) is 0 Å². The van der Waals surface area contributed by atoms with Crippen molar-refractivity contribution in [1.29, 1.82) is 0 Å². The fourth-order valence-electron chi connectivity index (χ4n) is 3.68. The monoisotopic (exact) mass is 401 g/mol. The summed E-state index contributed by atoms with van der Waals surface area (Å²) in [5.41, 5.74) is 2.22. The number of rotatable bonds is 3. The van der Waals surface area contributed by atoms with Gasteiger partial charge in [-0.05, 0) is 47.9 Å². The second-order valence-electron chi connectivity index (χ2n) is 6.62. The van der Waals surface area contributed by atoms with Gasteiger partial charge in [0.1, 0.15) is 17.6 Å². The van der Waals surface area contributed by atoms with Crippen LogP contribution in [0.3, 0.4) is 0 Å². The van der Waals surface area contributed by atoms with Gasteiger partial charge in [0.05, 0.1) is 13.0 Å². The Labute approximate surface area is 155 Å². The lowest BCUT2D eigenvalue weighted by Crippen LogP contribution is -2.51. The maximum absolute atomic E-state index is 13.0. The van der Waals surface area contributed by atoms with Crippen molar-refractivity contribution in [2.45, 2.75) is 25.5 Å². The molecule has 2 aromatic carbocycles. The van der Waals surface area contributed by atoms with Gasteiger partial charge in [-0.3, -0.25) is 4.79 Å². The molecule has 0 saturated carbocycles. The lowest BCUT2D eigenvalue weighted by molar-refractivity contribution is -0.145. The van der Waals surface area contributed by atoms with E-state index in [0.29, 0.717) is 6.54 Å². The smallest absolute Gasteiger partial charge is 0.230 e. The van der Waals surface area contributed by atoms with Gasteiger partial charge in [-0.15, -0.1) is 0 Å².